The van der Waals surface area contributed by atoms with Gasteiger partial charge in [-0.15, -0.1) is 0 Å². The first-order valence-electron chi connectivity index (χ1n) is 4.09. The number of carboxylic acid groups (broad SMARTS) is 1. The van der Waals surface area contributed by atoms with Crippen LogP contribution in [-0.2, 0) is 11.3 Å². The number of carbonyl (C=O) groups is 1. The fraction of sp³-hybridized carbons (Fsp3) is 0.333. The molecule has 0 saturated heterocycles. The molecule has 0 aliphatic carbocycles. The molecule has 0 fully saturated rings. The Labute approximate surface area is 89.3 Å². The summed E-state index contributed by atoms with van der Waals surface area (Å²) in [6.07, 6.45) is 1.59. The lowest BCUT2D eigenvalue weighted by Gasteiger charge is -2.08. The van der Waals surface area contributed by atoms with Gasteiger partial charge < -0.3 is 9.67 Å². The highest BCUT2D eigenvalue weighted by Gasteiger charge is 2.11. The molecule has 1 N–H and O–H groups in total. The van der Waals surface area contributed by atoms with Gasteiger partial charge in [-0.2, -0.15) is 0 Å². The fourth-order valence-electron chi connectivity index (χ4n) is 1.02. The molecule has 4 nitrogen and oxygen atoms in total. The van der Waals surface area contributed by atoms with E-state index in [2.05, 4.69) is 15.9 Å². The van der Waals surface area contributed by atoms with Crippen LogP contribution < -0.4 is 5.56 Å². The Kier molecular flexibility index (Phi) is 3.46. The molecule has 0 aliphatic heterocycles. The summed E-state index contributed by atoms with van der Waals surface area (Å²) in [5.74, 6) is -1.47. The maximum absolute atomic E-state index is 11.3. The molecule has 0 bridgehead atoms. The minimum absolute atomic E-state index is 0.188. The van der Waals surface area contributed by atoms with E-state index in [0.717, 1.165) is 4.47 Å². The first-order valence-corrected chi connectivity index (χ1v) is 4.89. The van der Waals surface area contributed by atoms with Crippen LogP contribution in [0.3, 0.4) is 0 Å². The van der Waals surface area contributed by atoms with Gasteiger partial charge in [-0.05, 0) is 22.0 Å². The highest BCUT2D eigenvalue weighted by Crippen LogP contribution is 2.06. The molecule has 1 aromatic rings. The summed E-state index contributed by atoms with van der Waals surface area (Å²) >= 11 is 3.22. The van der Waals surface area contributed by atoms with Crippen molar-refractivity contribution in [1.82, 2.24) is 4.57 Å². The summed E-state index contributed by atoms with van der Waals surface area (Å²) in [5, 5.41) is 8.68. The van der Waals surface area contributed by atoms with Gasteiger partial charge in [0.15, 0.2) is 0 Å². The van der Waals surface area contributed by atoms with Crippen molar-refractivity contribution in [3.63, 3.8) is 0 Å². The van der Waals surface area contributed by atoms with Crippen molar-refractivity contribution in [2.24, 2.45) is 5.92 Å². The van der Waals surface area contributed by atoms with E-state index in [-0.39, 0.29) is 12.1 Å². The van der Waals surface area contributed by atoms with E-state index in [4.69, 9.17) is 5.11 Å². The normalized spacial score (nSPS) is 12.4. The van der Waals surface area contributed by atoms with E-state index in [9.17, 15) is 9.59 Å². The lowest BCUT2D eigenvalue weighted by Crippen LogP contribution is -2.25. The van der Waals surface area contributed by atoms with Gasteiger partial charge >= 0.3 is 5.97 Å². The van der Waals surface area contributed by atoms with Crippen molar-refractivity contribution in [2.45, 2.75) is 13.5 Å². The summed E-state index contributed by atoms with van der Waals surface area (Å²) in [7, 11) is 0. The Morgan fingerprint density at radius 1 is 1.64 bits per heavy atom. The van der Waals surface area contributed by atoms with E-state index >= 15 is 0 Å². The molecule has 0 aliphatic rings. The van der Waals surface area contributed by atoms with E-state index in [1.54, 1.807) is 19.2 Å². The Morgan fingerprint density at radius 3 is 2.86 bits per heavy atom. The monoisotopic (exact) mass is 259 g/mol. The fourth-order valence-corrected chi connectivity index (χ4v) is 1.40. The lowest BCUT2D eigenvalue weighted by atomic mass is 10.2. The van der Waals surface area contributed by atoms with Crippen LogP contribution >= 0.6 is 15.9 Å². The molecule has 76 valence electrons. The first-order chi connectivity index (χ1) is 6.50. The summed E-state index contributed by atoms with van der Waals surface area (Å²) in [6.45, 7) is 1.75. The zero-order valence-electron chi connectivity index (χ0n) is 7.61. The highest BCUT2D eigenvalue weighted by molar-refractivity contribution is 9.10. The van der Waals surface area contributed by atoms with Crippen molar-refractivity contribution >= 4 is 21.9 Å². The zero-order chi connectivity index (χ0) is 10.7. The molecule has 1 heterocycles. The van der Waals surface area contributed by atoms with Crippen LogP contribution in [0.1, 0.15) is 6.92 Å². The van der Waals surface area contributed by atoms with Gasteiger partial charge in [0, 0.05) is 23.3 Å². The summed E-state index contributed by atoms with van der Waals surface area (Å²) < 4.78 is 2.14. The van der Waals surface area contributed by atoms with Gasteiger partial charge in [0.05, 0.1) is 5.92 Å². The first kappa shape index (κ1) is 11.0. The molecule has 0 aromatic carbocycles. The molecule has 0 amide bonds. The predicted octanol–water partition coefficient (Wildman–Crippen LogP) is 1.33. The van der Waals surface area contributed by atoms with Crippen LogP contribution in [0.2, 0.25) is 0 Å². The van der Waals surface area contributed by atoms with Crippen molar-refractivity contribution in [3.05, 3.63) is 33.2 Å². The zero-order valence-corrected chi connectivity index (χ0v) is 9.19. The molecule has 1 aromatic heterocycles. The smallest absolute Gasteiger partial charge is 0.308 e. The number of hydrogen-bond donors (Lipinski definition) is 1. The van der Waals surface area contributed by atoms with Gasteiger partial charge in [-0.3, -0.25) is 9.59 Å². The quantitative estimate of drug-likeness (QED) is 0.891. The van der Waals surface area contributed by atoms with E-state index < -0.39 is 11.9 Å². The maximum atomic E-state index is 11.3. The number of pyridine rings is 1. The number of rotatable bonds is 3. The summed E-state index contributed by atoms with van der Waals surface area (Å²) in [5.41, 5.74) is -0.193. The maximum Gasteiger partial charge on any atom is 0.308 e. The number of halogens is 1. The second kappa shape index (κ2) is 4.41. The second-order valence-corrected chi connectivity index (χ2v) is 3.99. The second-order valence-electron chi connectivity index (χ2n) is 3.08. The number of nitrogens with zero attached hydrogens (tertiary/aromatic N) is 1. The average Bonchev–Trinajstić information content (AvgIpc) is 2.11. The standard InChI is InChI=1S/C9H10BrNO3/c1-6(9(13)14)4-11-5-7(10)2-3-8(11)12/h2-3,5-6H,4H2,1H3,(H,13,14). The summed E-state index contributed by atoms with van der Waals surface area (Å²) in [6, 6.07) is 3.03. The predicted molar refractivity (Wildman–Crippen MR) is 55.2 cm³/mol. The average molecular weight is 260 g/mol. The summed E-state index contributed by atoms with van der Waals surface area (Å²) in [4.78, 5) is 21.9. The molecule has 14 heavy (non-hydrogen) atoms. The molecule has 0 radical (unpaired) electrons. The molecular weight excluding hydrogens is 250 g/mol. The third-order valence-corrected chi connectivity index (χ3v) is 2.31. The van der Waals surface area contributed by atoms with Crippen LogP contribution in [0.5, 0.6) is 0 Å². The van der Waals surface area contributed by atoms with Crippen LogP contribution in [-0.4, -0.2) is 15.6 Å². The lowest BCUT2D eigenvalue weighted by molar-refractivity contribution is -0.141. The number of hydrogen-bond acceptors (Lipinski definition) is 2. The van der Waals surface area contributed by atoms with Gasteiger partial charge in [0.25, 0.3) is 5.56 Å². The van der Waals surface area contributed by atoms with Crippen molar-refractivity contribution in [2.75, 3.05) is 0 Å². The van der Waals surface area contributed by atoms with Gasteiger partial charge in [0.2, 0.25) is 0 Å². The molecule has 1 rings (SSSR count). The Hall–Kier alpha value is -1.10. The Bertz CT molecular complexity index is 399. The third-order valence-electron chi connectivity index (χ3n) is 1.84. The van der Waals surface area contributed by atoms with Gasteiger partial charge in [-0.25, -0.2) is 0 Å². The van der Waals surface area contributed by atoms with Crippen molar-refractivity contribution < 1.29 is 9.90 Å². The van der Waals surface area contributed by atoms with Crippen LogP contribution in [0.4, 0.5) is 0 Å². The molecular formula is C9H10BrNO3. The largest absolute Gasteiger partial charge is 0.481 e. The molecule has 1 atom stereocenters. The minimum Gasteiger partial charge on any atom is -0.481 e. The Balaban J connectivity index is 2.91. The van der Waals surface area contributed by atoms with E-state index in [1.165, 1.54) is 10.6 Å². The minimum atomic E-state index is -0.906. The SMILES string of the molecule is CC(Cn1cc(Br)ccc1=O)C(=O)O. The number of aromatic nitrogens is 1. The van der Waals surface area contributed by atoms with E-state index in [1.807, 2.05) is 0 Å². The van der Waals surface area contributed by atoms with Crippen LogP contribution in [0.15, 0.2) is 27.6 Å². The highest BCUT2D eigenvalue weighted by atomic mass is 79.9. The van der Waals surface area contributed by atoms with Crippen molar-refractivity contribution in [3.8, 4) is 0 Å². The molecule has 0 spiro atoms. The number of carboxylic acids is 1. The van der Waals surface area contributed by atoms with Gasteiger partial charge in [0.1, 0.15) is 0 Å². The topological polar surface area (TPSA) is 59.3 Å². The van der Waals surface area contributed by atoms with Crippen LogP contribution in [0.25, 0.3) is 0 Å². The Morgan fingerprint density at radius 2 is 2.29 bits per heavy atom. The van der Waals surface area contributed by atoms with E-state index in [0.29, 0.717) is 0 Å². The van der Waals surface area contributed by atoms with Gasteiger partial charge in [-0.1, -0.05) is 6.92 Å². The third kappa shape index (κ3) is 2.70. The van der Waals surface area contributed by atoms with Crippen LogP contribution in [0, 0.1) is 5.92 Å². The molecule has 5 heteroatoms. The molecule has 1 unspecified atom stereocenters. The van der Waals surface area contributed by atoms with Crippen molar-refractivity contribution in [1.29, 1.82) is 0 Å². The number of aliphatic carboxylic acids is 1. The molecule has 0 saturated carbocycles.